The zero-order valence-corrected chi connectivity index (χ0v) is 10.0. The van der Waals surface area contributed by atoms with Gasteiger partial charge in [-0.2, -0.15) is 0 Å². The second-order valence-electron chi connectivity index (χ2n) is 5.10. The molecule has 1 N–H and O–H groups in total. The van der Waals surface area contributed by atoms with Gasteiger partial charge in [0, 0.05) is 19.7 Å². The molecule has 0 bridgehead atoms. The van der Waals surface area contributed by atoms with E-state index in [9.17, 15) is 0 Å². The summed E-state index contributed by atoms with van der Waals surface area (Å²) in [6.45, 7) is 8.19. The number of nitrogens with one attached hydrogen (secondary N) is 1. The third-order valence-corrected chi connectivity index (χ3v) is 3.89. The first-order valence-corrected chi connectivity index (χ1v) is 6.28. The van der Waals surface area contributed by atoms with Crippen LogP contribution < -0.4 is 5.32 Å². The molecule has 2 rings (SSSR count). The number of hydrogen-bond acceptors (Lipinski definition) is 3. The van der Waals surface area contributed by atoms with Gasteiger partial charge in [0.2, 0.25) is 0 Å². The summed E-state index contributed by atoms with van der Waals surface area (Å²) in [6, 6.07) is 0. The van der Waals surface area contributed by atoms with Crippen LogP contribution in [0.4, 0.5) is 0 Å². The van der Waals surface area contributed by atoms with Crippen LogP contribution in [-0.4, -0.2) is 50.8 Å². The van der Waals surface area contributed by atoms with E-state index in [1.165, 1.54) is 39.0 Å². The maximum absolute atomic E-state index is 5.61. The lowest BCUT2D eigenvalue weighted by atomic mass is 10.0. The standard InChI is InChI=1S/C12H24N2O/c1-10-12(4-6-15-10)9-14-5-3-11(8-14)7-13-2/h10-13H,3-9H2,1-2H3. The minimum Gasteiger partial charge on any atom is -0.378 e. The zero-order valence-electron chi connectivity index (χ0n) is 10.0. The van der Waals surface area contributed by atoms with Gasteiger partial charge < -0.3 is 15.0 Å². The second-order valence-corrected chi connectivity index (χ2v) is 5.10. The van der Waals surface area contributed by atoms with E-state index < -0.39 is 0 Å². The Hall–Kier alpha value is -0.120. The van der Waals surface area contributed by atoms with Crippen molar-refractivity contribution in [2.75, 3.05) is 39.8 Å². The van der Waals surface area contributed by atoms with Gasteiger partial charge in [-0.05, 0) is 51.7 Å². The topological polar surface area (TPSA) is 24.5 Å². The first-order chi connectivity index (χ1) is 7.29. The third-order valence-electron chi connectivity index (χ3n) is 3.89. The Morgan fingerprint density at radius 2 is 2.27 bits per heavy atom. The predicted molar refractivity (Wildman–Crippen MR) is 62.0 cm³/mol. The van der Waals surface area contributed by atoms with Crippen molar-refractivity contribution in [3.05, 3.63) is 0 Å². The van der Waals surface area contributed by atoms with Crippen LogP contribution in [0.1, 0.15) is 19.8 Å². The fourth-order valence-corrected chi connectivity index (χ4v) is 2.88. The molecule has 2 aliphatic heterocycles. The van der Waals surface area contributed by atoms with Gasteiger partial charge in [0.15, 0.2) is 0 Å². The van der Waals surface area contributed by atoms with Gasteiger partial charge in [-0.1, -0.05) is 0 Å². The van der Waals surface area contributed by atoms with Gasteiger partial charge in [-0.25, -0.2) is 0 Å². The molecule has 0 radical (unpaired) electrons. The lowest BCUT2D eigenvalue weighted by molar-refractivity contribution is 0.0953. The fourth-order valence-electron chi connectivity index (χ4n) is 2.88. The highest BCUT2D eigenvalue weighted by molar-refractivity contribution is 4.82. The molecule has 0 aromatic heterocycles. The van der Waals surface area contributed by atoms with Crippen LogP contribution in [0, 0.1) is 11.8 Å². The average Bonchev–Trinajstić information content (AvgIpc) is 2.79. The maximum atomic E-state index is 5.61. The molecular weight excluding hydrogens is 188 g/mol. The fraction of sp³-hybridized carbons (Fsp3) is 1.00. The number of nitrogens with zero attached hydrogens (tertiary/aromatic N) is 1. The minimum absolute atomic E-state index is 0.480. The van der Waals surface area contributed by atoms with E-state index >= 15 is 0 Å². The summed E-state index contributed by atoms with van der Waals surface area (Å²) in [4.78, 5) is 2.62. The summed E-state index contributed by atoms with van der Waals surface area (Å²) in [5, 5.41) is 3.28. The van der Waals surface area contributed by atoms with Crippen LogP contribution in [0.25, 0.3) is 0 Å². The highest BCUT2D eigenvalue weighted by atomic mass is 16.5. The quantitative estimate of drug-likeness (QED) is 0.751. The van der Waals surface area contributed by atoms with Crippen LogP contribution in [-0.2, 0) is 4.74 Å². The molecule has 2 saturated heterocycles. The molecule has 0 aromatic carbocycles. The van der Waals surface area contributed by atoms with Crippen molar-refractivity contribution >= 4 is 0 Å². The maximum Gasteiger partial charge on any atom is 0.0588 e. The van der Waals surface area contributed by atoms with Crippen molar-refractivity contribution in [3.63, 3.8) is 0 Å². The van der Waals surface area contributed by atoms with Crippen LogP contribution in [0.5, 0.6) is 0 Å². The molecule has 2 aliphatic rings. The number of ether oxygens (including phenoxy) is 1. The van der Waals surface area contributed by atoms with Crippen LogP contribution in [0.2, 0.25) is 0 Å². The van der Waals surface area contributed by atoms with Crippen molar-refractivity contribution in [2.24, 2.45) is 11.8 Å². The van der Waals surface area contributed by atoms with E-state index in [0.717, 1.165) is 18.4 Å². The van der Waals surface area contributed by atoms with Crippen LogP contribution in [0.3, 0.4) is 0 Å². The normalized spacial score (nSPS) is 37.6. The lowest BCUT2D eigenvalue weighted by Gasteiger charge is -2.22. The van der Waals surface area contributed by atoms with E-state index in [1.807, 2.05) is 0 Å². The van der Waals surface area contributed by atoms with Crippen molar-refractivity contribution in [3.8, 4) is 0 Å². The summed E-state index contributed by atoms with van der Waals surface area (Å²) >= 11 is 0. The molecule has 0 spiro atoms. The Morgan fingerprint density at radius 3 is 2.93 bits per heavy atom. The van der Waals surface area contributed by atoms with E-state index in [4.69, 9.17) is 4.74 Å². The summed E-state index contributed by atoms with van der Waals surface area (Å²) in [7, 11) is 2.05. The molecule has 2 fully saturated rings. The molecule has 3 unspecified atom stereocenters. The molecular formula is C12H24N2O. The molecule has 3 atom stereocenters. The van der Waals surface area contributed by atoms with E-state index in [1.54, 1.807) is 0 Å². The molecule has 2 heterocycles. The van der Waals surface area contributed by atoms with Gasteiger partial charge in [-0.3, -0.25) is 0 Å². The van der Waals surface area contributed by atoms with Crippen LogP contribution in [0.15, 0.2) is 0 Å². The summed E-state index contributed by atoms with van der Waals surface area (Å²) in [5.41, 5.74) is 0. The number of rotatable bonds is 4. The molecule has 3 heteroatoms. The Kier molecular flexibility index (Phi) is 4.00. The Bertz CT molecular complexity index is 198. The summed E-state index contributed by atoms with van der Waals surface area (Å²) in [6.07, 6.45) is 3.10. The number of hydrogen-bond donors (Lipinski definition) is 1. The second kappa shape index (κ2) is 5.28. The van der Waals surface area contributed by atoms with Crippen molar-refractivity contribution in [1.82, 2.24) is 10.2 Å². The molecule has 0 saturated carbocycles. The van der Waals surface area contributed by atoms with Gasteiger partial charge in [0.05, 0.1) is 6.10 Å². The molecule has 0 amide bonds. The summed E-state index contributed by atoms with van der Waals surface area (Å²) < 4.78 is 5.61. The van der Waals surface area contributed by atoms with Crippen molar-refractivity contribution in [1.29, 1.82) is 0 Å². The predicted octanol–water partition coefficient (Wildman–Crippen LogP) is 0.953. The van der Waals surface area contributed by atoms with E-state index in [2.05, 4.69) is 24.2 Å². The Morgan fingerprint density at radius 1 is 1.40 bits per heavy atom. The lowest BCUT2D eigenvalue weighted by Crippen LogP contribution is -2.31. The first-order valence-electron chi connectivity index (χ1n) is 6.28. The monoisotopic (exact) mass is 212 g/mol. The van der Waals surface area contributed by atoms with E-state index in [-0.39, 0.29) is 0 Å². The smallest absolute Gasteiger partial charge is 0.0588 e. The highest BCUT2D eigenvalue weighted by Gasteiger charge is 2.29. The first kappa shape index (κ1) is 11.4. The SMILES string of the molecule is CNCC1CCN(CC2CCOC2C)C1. The third kappa shape index (κ3) is 2.92. The van der Waals surface area contributed by atoms with Crippen molar-refractivity contribution < 1.29 is 4.74 Å². The van der Waals surface area contributed by atoms with Gasteiger partial charge in [-0.15, -0.1) is 0 Å². The van der Waals surface area contributed by atoms with E-state index in [0.29, 0.717) is 6.10 Å². The molecule has 0 aliphatic carbocycles. The van der Waals surface area contributed by atoms with Gasteiger partial charge >= 0.3 is 0 Å². The van der Waals surface area contributed by atoms with Crippen LogP contribution >= 0.6 is 0 Å². The largest absolute Gasteiger partial charge is 0.378 e. The van der Waals surface area contributed by atoms with Crippen molar-refractivity contribution in [2.45, 2.75) is 25.9 Å². The molecule has 15 heavy (non-hydrogen) atoms. The van der Waals surface area contributed by atoms with Gasteiger partial charge in [0.1, 0.15) is 0 Å². The highest BCUT2D eigenvalue weighted by Crippen LogP contribution is 2.24. The Labute approximate surface area is 93.2 Å². The average molecular weight is 212 g/mol. The summed E-state index contributed by atoms with van der Waals surface area (Å²) in [5.74, 6) is 1.64. The minimum atomic E-state index is 0.480. The number of likely N-dealkylation sites (tertiary alicyclic amines) is 1. The molecule has 88 valence electrons. The van der Waals surface area contributed by atoms with Gasteiger partial charge in [0.25, 0.3) is 0 Å². The molecule has 0 aromatic rings. The molecule has 3 nitrogen and oxygen atoms in total. The Balaban J connectivity index is 1.72. The zero-order chi connectivity index (χ0) is 10.7.